The average Bonchev–Trinajstić information content (AvgIpc) is 2.84. The predicted molar refractivity (Wildman–Crippen MR) is 134 cm³/mol. The Morgan fingerprint density at radius 1 is 0.811 bits per heavy atom. The standard InChI is InChI=1S/C23H32N4O9S/c1-37-10-9-15(25-20(32)14(24)7-8-18(28)29)21(33)26-16(11-13-5-3-2-4-6-13)22(34)27-17(23(35)36)12-19(30)31/h2-6,14-17H,7-12,24H2,1H3,(H,25,32)(H,26,33)(H,27,34)(H,28,29)(H,30,31)(H,35,36). The lowest BCUT2D eigenvalue weighted by atomic mass is 10.0. The molecule has 0 saturated heterocycles. The van der Waals surface area contributed by atoms with Crippen molar-refractivity contribution in [1.29, 1.82) is 0 Å². The third-order valence-electron chi connectivity index (χ3n) is 5.16. The number of rotatable bonds is 17. The van der Waals surface area contributed by atoms with Gasteiger partial charge >= 0.3 is 17.9 Å². The van der Waals surface area contributed by atoms with Crippen LogP contribution in [0.4, 0.5) is 0 Å². The minimum atomic E-state index is -1.72. The molecule has 1 aromatic carbocycles. The van der Waals surface area contributed by atoms with Crippen molar-refractivity contribution < 1.29 is 44.1 Å². The molecular weight excluding hydrogens is 508 g/mol. The highest BCUT2D eigenvalue weighted by atomic mass is 32.2. The van der Waals surface area contributed by atoms with Crippen LogP contribution in [0.1, 0.15) is 31.2 Å². The Hall–Kier alpha value is -3.65. The second-order valence-electron chi connectivity index (χ2n) is 8.13. The average molecular weight is 541 g/mol. The quantitative estimate of drug-likeness (QED) is 0.129. The molecule has 37 heavy (non-hydrogen) atoms. The molecule has 0 aliphatic rings. The van der Waals surface area contributed by atoms with Gasteiger partial charge in [0.15, 0.2) is 0 Å². The first-order chi connectivity index (χ1) is 17.4. The molecular formula is C23H32N4O9S. The summed E-state index contributed by atoms with van der Waals surface area (Å²) in [5.74, 6) is -6.06. The van der Waals surface area contributed by atoms with E-state index in [0.717, 1.165) is 0 Å². The zero-order chi connectivity index (χ0) is 28.0. The van der Waals surface area contributed by atoms with E-state index in [1.807, 2.05) is 0 Å². The highest BCUT2D eigenvalue weighted by molar-refractivity contribution is 7.98. The summed E-state index contributed by atoms with van der Waals surface area (Å²) in [5.41, 5.74) is 6.37. The Labute approximate surface area is 217 Å². The van der Waals surface area contributed by atoms with E-state index in [-0.39, 0.29) is 25.7 Å². The van der Waals surface area contributed by atoms with Gasteiger partial charge in [-0.15, -0.1) is 0 Å². The van der Waals surface area contributed by atoms with Gasteiger partial charge in [-0.3, -0.25) is 24.0 Å². The molecule has 14 heteroatoms. The SMILES string of the molecule is CSCCC(NC(=O)C(N)CCC(=O)O)C(=O)NC(Cc1ccccc1)C(=O)NC(CC(=O)O)C(=O)O. The third kappa shape index (κ3) is 12.2. The normalized spacial score (nSPS) is 13.9. The van der Waals surface area contributed by atoms with Crippen molar-refractivity contribution in [2.24, 2.45) is 5.73 Å². The smallest absolute Gasteiger partial charge is 0.326 e. The monoisotopic (exact) mass is 540 g/mol. The Kier molecular flexibility index (Phi) is 13.7. The van der Waals surface area contributed by atoms with E-state index in [0.29, 0.717) is 11.3 Å². The van der Waals surface area contributed by atoms with Crippen molar-refractivity contribution in [3.05, 3.63) is 35.9 Å². The molecule has 0 aliphatic heterocycles. The fourth-order valence-electron chi connectivity index (χ4n) is 3.17. The number of carboxylic acid groups (broad SMARTS) is 3. The lowest BCUT2D eigenvalue weighted by Gasteiger charge is -2.25. The number of aliphatic carboxylic acids is 3. The minimum Gasteiger partial charge on any atom is -0.481 e. The highest BCUT2D eigenvalue weighted by Gasteiger charge is 2.31. The Balaban J connectivity index is 3.08. The summed E-state index contributed by atoms with van der Waals surface area (Å²) in [6.07, 6.45) is 0.567. The predicted octanol–water partition coefficient (Wildman–Crippen LogP) is -0.812. The van der Waals surface area contributed by atoms with E-state index in [4.69, 9.17) is 15.9 Å². The van der Waals surface area contributed by atoms with Crippen molar-refractivity contribution >= 4 is 47.4 Å². The maximum absolute atomic E-state index is 13.1. The fourth-order valence-corrected chi connectivity index (χ4v) is 3.64. The van der Waals surface area contributed by atoms with Gasteiger partial charge in [0, 0.05) is 12.8 Å². The van der Waals surface area contributed by atoms with Crippen LogP contribution in [0.25, 0.3) is 0 Å². The molecule has 204 valence electrons. The van der Waals surface area contributed by atoms with Gasteiger partial charge in [0.05, 0.1) is 12.5 Å². The minimum absolute atomic E-state index is 0.0425. The molecule has 0 aliphatic carbocycles. The van der Waals surface area contributed by atoms with Crippen LogP contribution in [-0.4, -0.2) is 87.1 Å². The number of benzene rings is 1. The number of nitrogens with one attached hydrogen (secondary N) is 3. The third-order valence-corrected chi connectivity index (χ3v) is 5.80. The number of carbonyl (C=O) groups is 6. The molecule has 4 unspecified atom stereocenters. The largest absolute Gasteiger partial charge is 0.481 e. The van der Waals surface area contributed by atoms with Gasteiger partial charge in [0.25, 0.3) is 0 Å². The molecule has 0 fully saturated rings. The summed E-state index contributed by atoms with van der Waals surface area (Å²) in [6, 6.07) is 3.23. The van der Waals surface area contributed by atoms with E-state index in [1.54, 1.807) is 36.6 Å². The van der Waals surface area contributed by atoms with Crippen molar-refractivity contribution in [2.75, 3.05) is 12.0 Å². The summed E-state index contributed by atoms with van der Waals surface area (Å²) in [5, 5.41) is 34.1. The van der Waals surface area contributed by atoms with E-state index >= 15 is 0 Å². The Morgan fingerprint density at radius 3 is 1.92 bits per heavy atom. The molecule has 4 atom stereocenters. The lowest BCUT2D eigenvalue weighted by Crippen LogP contribution is -2.58. The van der Waals surface area contributed by atoms with Gasteiger partial charge in [0.2, 0.25) is 17.7 Å². The molecule has 0 saturated carbocycles. The molecule has 0 radical (unpaired) electrons. The van der Waals surface area contributed by atoms with Gasteiger partial charge in [-0.2, -0.15) is 11.8 Å². The van der Waals surface area contributed by atoms with Crippen molar-refractivity contribution in [3.8, 4) is 0 Å². The van der Waals surface area contributed by atoms with Gasteiger partial charge in [0.1, 0.15) is 18.1 Å². The summed E-state index contributed by atoms with van der Waals surface area (Å²) >= 11 is 1.40. The zero-order valence-corrected chi connectivity index (χ0v) is 21.0. The second-order valence-corrected chi connectivity index (χ2v) is 9.12. The van der Waals surface area contributed by atoms with Gasteiger partial charge < -0.3 is 37.0 Å². The molecule has 13 nitrogen and oxygen atoms in total. The van der Waals surface area contributed by atoms with Crippen LogP contribution >= 0.6 is 11.8 Å². The molecule has 8 N–H and O–H groups in total. The number of hydrogen-bond acceptors (Lipinski definition) is 8. The lowest BCUT2D eigenvalue weighted by molar-refractivity contribution is -0.147. The molecule has 0 heterocycles. The van der Waals surface area contributed by atoms with Gasteiger partial charge in [-0.1, -0.05) is 30.3 Å². The molecule has 0 aromatic heterocycles. The van der Waals surface area contributed by atoms with E-state index in [2.05, 4.69) is 16.0 Å². The number of carbonyl (C=O) groups excluding carboxylic acids is 3. The van der Waals surface area contributed by atoms with E-state index in [1.165, 1.54) is 11.8 Å². The van der Waals surface area contributed by atoms with E-state index < -0.39 is 66.2 Å². The molecule has 1 aromatic rings. The maximum atomic E-state index is 13.1. The van der Waals surface area contributed by atoms with E-state index in [9.17, 15) is 33.9 Å². The summed E-state index contributed by atoms with van der Waals surface area (Å²) in [6.45, 7) is 0. The van der Waals surface area contributed by atoms with Crippen LogP contribution in [0.15, 0.2) is 30.3 Å². The maximum Gasteiger partial charge on any atom is 0.326 e. The van der Waals surface area contributed by atoms with Crippen LogP contribution in [0, 0.1) is 0 Å². The Bertz CT molecular complexity index is 961. The number of nitrogens with two attached hydrogens (primary N) is 1. The van der Waals surface area contributed by atoms with Gasteiger partial charge in [-0.05, 0) is 30.4 Å². The number of hydrogen-bond donors (Lipinski definition) is 7. The van der Waals surface area contributed by atoms with Crippen LogP contribution < -0.4 is 21.7 Å². The second kappa shape index (κ2) is 16.2. The molecule has 3 amide bonds. The fraction of sp³-hybridized carbons (Fsp3) is 0.478. The molecule has 0 spiro atoms. The van der Waals surface area contributed by atoms with Crippen LogP contribution in [0.3, 0.4) is 0 Å². The zero-order valence-electron chi connectivity index (χ0n) is 20.2. The van der Waals surface area contributed by atoms with Crippen LogP contribution in [-0.2, 0) is 35.2 Å². The highest BCUT2D eigenvalue weighted by Crippen LogP contribution is 2.08. The Morgan fingerprint density at radius 2 is 1.38 bits per heavy atom. The number of amides is 3. The summed E-state index contributed by atoms with van der Waals surface area (Å²) < 4.78 is 0. The first kappa shape index (κ1) is 31.4. The van der Waals surface area contributed by atoms with Crippen molar-refractivity contribution in [1.82, 2.24) is 16.0 Å². The summed E-state index contributed by atoms with van der Waals surface area (Å²) in [4.78, 5) is 71.7. The first-order valence-electron chi connectivity index (χ1n) is 11.3. The first-order valence-corrected chi connectivity index (χ1v) is 12.7. The van der Waals surface area contributed by atoms with Crippen molar-refractivity contribution in [3.63, 3.8) is 0 Å². The van der Waals surface area contributed by atoms with Gasteiger partial charge in [-0.25, -0.2) is 4.79 Å². The topological polar surface area (TPSA) is 225 Å². The van der Waals surface area contributed by atoms with Crippen molar-refractivity contribution in [2.45, 2.75) is 56.3 Å². The number of thioether (sulfide) groups is 1. The summed E-state index contributed by atoms with van der Waals surface area (Å²) in [7, 11) is 0. The van der Waals surface area contributed by atoms with Crippen LogP contribution in [0.5, 0.6) is 0 Å². The molecule has 1 rings (SSSR count). The van der Waals surface area contributed by atoms with Crippen LogP contribution in [0.2, 0.25) is 0 Å². The number of carboxylic acids is 3. The molecule has 0 bridgehead atoms.